The molecule has 0 aliphatic carbocycles. The van der Waals surface area contributed by atoms with Crippen molar-refractivity contribution in [3.8, 4) is 0 Å². The molecule has 4 N–H and O–H groups in total. The molecule has 0 aliphatic rings. The Bertz CT molecular complexity index is 704. The first-order valence-corrected chi connectivity index (χ1v) is 8.15. The van der Waals surface area contributed by atoms with Crippen LogP contribution < -0.4 is 10.5 Å². The number of rotatable bonds is 3. The van der Waals surface area contributed by atoms with Crippen LogP contribution in [-0.2, 0) is 10.0 Å². The van der Waals surface area contributed by atoms with Crippen LogP contribution in [0.5, 0.6) is 0 Å². The quantitative estimate of drug-likeness (QED) is 0.725. The van der Waals surface area contributed by atoms with Crippen LogP contribution in [-0.4, -0.2) is 18.6 Å². The van der Waals surface area contributed by atoms with E-state index in [1.807, 2.05) is 6.92 Å². The summed E-state index contributed by atoms with van der Waals surface area (Å²) in [6.07, 6.45) is 1.16. The summed E-state index contributed by atoms with van der Waals surface area (Å²) < 4.78 is 28.1. The van der Waals surface area contributed by atoms with Gasteiger partial charge in [-0.1, -0.05) is 0 Å². The molecule has 0 saturated carbocycles. The zero-order chi connectivity index (χ0) is 14.2. The molecule has 0 saturated heterocycles. The van der Waals surface area contributed by atoms with Crippen molar-refractivity contribution in [1.82, 2.24) is 10.2 Å². The number of sulfonamides is 1. The Hall–Kier alpha value is -1.06. The largest absolute Gasteiger partial charge is 0.383 e. The van der Waals surface area contributed by atoms with Crippen molar-refractivity contribution in [2.24, 2.45) is 0 Å². The second-order valence-corrected chi connectivity index (χ2v) is 7.22. The van der Waals surface area contributed by atoms with E-state index in [0.29, 0.717) is 14.6 Å². The van der Waals surface area contributed by atoms with E-state index >= 15 is 0 Å². The number of nitrogens with one attached hydrogen (secondary N) is 2. The summed E-state index contributed by atoms with van der Waals surface area (Å²) in [5, 5.41) is 5.98. The molecule has 0 aliphatic heterocycles. The van der Waals surface area contributed by atoms with Crippen LogP contribution in [0, 0.1) is 6.92 Å². The molecule has 102 valence electrons. The number of nitrogens with two attached hydrogens (primary N) is 1. The summed E-state index contributed by atoms with van der Waals surface area (Å²) in [6, 6.07) is 3.61. The summed E-state index contributed by atoms with van der Waals surface area (Å²) in [5.41, 5.74) is 6.92. The molecular formula is C10H10Br2N4O2S. The fourth-order valence-electron chi connectivity index (χ4n) is 1.49. The fourth-order valence-corrected chi connectivity index (χ4v) is 4.49. The summed E-state index contributed by atoms with van der Waals surface area (Å²) >= 11 is 6.64. The van der Waals surface area contributed by atoms with Gasteiger partial charge in [0.25, 0.3) is 10.0 Å². The molecule has 0 amide bonds. The number of halogens is 2. The van der Waals surface area contributed by atoms with Crippen LogP contribution in [0.25, 0.3) is 0 Å². The van der Waals surface area contributed by atoms with E-state index in [4.69, 9.17) is 5.73 Å². The van der Waals surface area contributed by atoms with Crippen molar-refractivity contribution in [2.75, 3.05) is 10.5 Å². The average Bonchev–Trinajstić information content (AvgIpc) is 2.70. The Kier molecular flexibility index (Phi) is 3.88. The number of aromatic amines is 1. The number of anilines is 2. The van der Waals surface area contributed by atoms with Gasteiger partial charge in [-0.3, -0.25) is 9.82 Å². The monoisotopic (exact) mass is 408 g/mol. The molecule has 0 bridgehead atoms. The van der Waals surface area contributed by atoms with Gasteiger partial charge in [-0.05, 0) is 56.5 Å². The van der Waals surface area contributed by atoms with Crippen molar-refractivity contribution in [3.05, 3.63) is 32.8 Å². The summed E-state index contributed by atoms with van der Waals surface area (Å²) in [7, 11) is -3.79. The molecule has 0 unspecified atom stereocenters. The third-order valence-electron chi connectivity index (χ3n) is 2.34. The Morgan fingerprint density at radius 3 is 2.37 bits per heavy atom. The van der Waals surface area contributed by atoms with Crippen LogP contribution in [0.3, 0.4) is 0 Å². The lowest BCUT2D eigenvalue weighted by molar-refractivity contribution is 0.601. The molecule has 0 fully saturated rings. The van der Waals surface area contributed by atoms with Crippen molar-refractivity contribution < 1.29 is 8.42 Å². The van der Waals surface area contributed by atoms with E-state index in [1.54, 1.807) is 12.1 Å². The Morgan fingerprint density at radius 2 is 1.89 bits per heavy atom. The molecule has 1 aromatic heterocycles. The zero-order valence-electron chi connectivity index (χ0n) is 9.74. The standard InChI is InChI=1S/C10H10Br2N4O2S/c1-5-2-6(11)9(7(12)3-5)16-19(17,18)8-4-14-15-10(8)13/h2-4,16H,1H3,(H3,13,14,15). The Balaban J connectivity index is 2.45. The van der Waals surface area contributed by atoms with E-state index < -0.39 is 10.0 Å². The van der Waals surface area contributed by atoms with Gasteiger partial charge in [0.15, 0.2) is 0 Å². The lowest BCUT2D eigenvalue weighted by atomic mass is 10.2. The maximum atomic E-state index is 12.2. The zero-order valence-corrected chi connectivity index (χ0v) is 13.7. The molecule has 2 rings (SSSR count). The minimum atomic E-state index is -3.79. The number of aromatic nitrogens is 2. The van der Waals surface area contributed by atoms with Gasteiger partial charge >= 0.3 is 0 Å². The van der Waals surface area contributed by atoms with Gasteiger partial charge < -0.3 is 5.73 Å². The molecule has 1 aromatic carbocycles. The number of nitrogens with zero attached hydrogens (tertiary/aromatic N) is 1. The average molecular weight is 410 g/mol. The first kappa shape index (κ1) is 14.4. The van der Waals surface area contributed by atoms with Gasteiger partial charge in [0, 0.05) is 8.95 Å². The van der Waals surface area contributed by atoms with Gasteiger partial charge in [-0.15, -0.1) is 0 Å². The smallest absolute Gasteiger partial charge is 0.267 e. The number of H-pyrrole nitrogens is 1. The lowest BCUT2D eigenvalue weighted by Gasteiger charge is -2.11. The normalized spacial score (nSPS) is 11.5. The van der Waals surface area contributed by atoms with Crippen molar-refractivity contribution in [3.63, 3.8) is 0 Å². The summed E-state index contributed by atoms with van der Waals surface area (Å²) in [4.78, 5) is -0.0909. The second kappa shape index (κ2) is 5.14. The third kappa shape index (κ3) is 2.93. The Labute approximate surface area is 127 Å². The highest BCUT2D eigenvalue weighted by Gasteiger charge is 2.21. The van der Waals surface area contributed by atoms with Crippen molar-refractivity contribution in [1.29, 1.82) is 0 Å². The number of benzene rings is 1. The summed E-state index contributed by atoms with van der Waals surface area (Å²) in [6.45, 7) is 1.90. The van der Waals surface area contributed by atoms with Crippen molar-refractivity contribution in [2.45, 2.75) is 11.8 Å². The van der Waals surface area contributed by atoms with E-state index in [9.17, 15) is 8.42 Å². The molecule has 0 spiro atoms. The predicted molar refractivity (Wildman–Crippen MR) is 80.4 cm³/mol. The topological polar surface area (TPSA) is 101 Å². The maximum absolute atomic E-state index is 12.2. The maximum Gasteiger partial charge on any atom is 0.267 e. The molecule has 1 heterocycles. The fraction of sp³-hybridized carbons (Fsp3) is 0.100. The lowest BCUT2D eigenvalue weighted by Crippen LogP contribution is -2.14. The van der Waals surface area contributed by atoms with Gasteiger partial charge in [-0.2, -0.15) is 5.10 Å². The highest BCUT2D eigenvalue weighted by atomic mass is 79.9. The van der Waals surface area contributed by atoms with E-state index in [0.717, 1.165) is 11.8 Å². The molecule has 9 heteroatoms. The second-order valence-electron chi connectivity index (χ2n) is 3.86. The minimum Gasteiger partial charge on any atom is -0.383 e. The number of hydrogen-bond acceptors (Lipinski definition) is 4. The first-order chi connectivity index (χ1) is 8.81. The van der Waals surface area contributed by atoms with Crippen molar-refractivity contribution >= 4 is 53.4 Å². The molecule has 2 aromatic rings. The van der Waals surface area contributed by atoms with E-state index in [1.165, 1.54) is 0 Å². The molecule has 0 radical (unpaired) electrons. The van der Waals surface area contributed by atoms with Gasteiger partial charge in [0.2, 0.25) is 0 Å². The highest BCUT2D eigenvalue weighted by Crippen LogP contribution is 2.34. The molecular weight excluding hydrogens is 400 g/mol. The predicted octanol–water partition coefficient (Wildman–Crippen LogP) is 2.63. The number of nitrogen functional groups attached to an aromatic ring is 1. The van der Waals surface area contributed by atoms with Crippen LogP contribution in [0.1, 0.15) is 5.56 Å². The highest BCUT2D eigenvalue weighted by molar-refractivity contribution is 9.11. The van der Waals surface area contributed by atoms with Gasteiger partial charge in [0.05, 0.1) is 11.9 Å². The Morgan fingerprint density at radius 1 is 1.32 bits per heavy atom. The minimum absolute atomic E-state index is 0.00754. The molecule has 19 heavy (non-hydrogen) atoms. The SMILES string of the molecule is Cc1cc(Br)c(NS(=O)(=O)c2cn[nH]c2N)c(Br)c1. The van der Waals surface area contributed by atoms with E-state index in [2.05, 4.69) is 46.8 Å². The molecule has 6 nitrogen and oxygen atoms in total. The van der Waals surface area contributed by atoms with E-state index in [-0.39, 0.29) is 10.7 Å². The summed E-state index contributed by atoms with van der Waals surface area (Å²) in [5.74, 6) is -0.00754. The van der Waals surface area contributed by atoms with Crippen LogP contribution in [0.4, 0.5) is 11.5 Å². The van der Waals surface area contributed by atoms with Gasteiger partial charge in [-0.25, -0.2) is 8.42 Å². The van der Waals surface area contributed by atoms with Crippen LogP contribution in [0.2, 0.25) is 0 Å². The first-order valence-electron chi connectivity index (χ1n) is 5.08. The third-order valence-corrected chi connectivity index (χ3v) is 4.97. The van der Waals surface area contributed by atoms with Crippen LogP contribution in [0.15, 0.2) is 32.2 Å². The number of hydrogen-bond donors (Lipinski definition) is 3. The molecule has 0 atom stereocenters. The van der Waals surface area contributed by atoms with Gasteiger partial charge in [0.1, 0.15) is 10.7 Å². The van der Waals surface area contributed by atoms with Crippen LogP contribution >= 0.6 is 31.9 Å². The number of aryl methyl sites for hydroxylation is 1.